The summed E-state index contributed by atoms with van der Waals surface area (Å²) in [5.74, 6) is -3.78. The Morgan fingerprint density at radius 1 is 1.05 bits per heavy atom. The fraction of sp³-hybridized carbons (Fsp3) is 0.273. The molecule has 0 aliphatic rings. The molecule has 0 saturated heterocycles. The van der Waals surface area contributed by atoms with Gasteiger partial charge in [0.05, 0.1) is 24.3 Å². The predicted molar refractivity (Wildman–Crippen MR) is 61.6 cm³/mol. The van der Waals surface area contributed by atoms with Crippen LogP contribution >= 0.6 is 0 Å². The van der Waals surface area contributed by atoms with E-state index in [4.69, 9.17) is 9.29 Å². The Bertz CT molecular complexity index is 597. The van der Waals surface area contributed by atoms with Crippen LogP contribution in [0.15, 0.2) is 18.2 Å². The number of hydrogen-bond acceptors (Lipinski definition) is 7. The van der Waals surface area contributed by atoms with Gasteiger partial charge in [-0.05, 0) is 24.6 Å². The average Bonchev–Trinajstić information content (AvgIpc) is 2.33. The van der Waals surface area contributed by atoms with Gasteiger partial charge in [0.15, 0.2) is 0 Å². The van der Waals surface area contributed by atoms with E-state index < -0.39 is 38.9 Å². The summed E-state index contributed by atoms with van der Waals surface area (Å²) in [4.78, 5) is 21.4. The second kappa shape index (κ2) is 10.6. The van der Waals surface area contributed by atoms with Gasteiger partial charge in [0.1, 0.15) is 5.75 Å². The second-order valence-corrected chi connectivity index (χ2v) is 5.38. The van der Waals surface area contributed by atoms with E-state index in [0.29, 0.717) is 0 Å². The summed E-state index contributed by atoms with van der Waals surface area (Å²) in [6, 6.07) is 2.93. The molecule has 0 saturated carbocycles. The van der Waals surface area contributed by atoms with Crippen molar-refractivity contribution in [2.45, 2.75) is 6.42 Å². The van der Waals surface area contributed by atoms with Crippen molar-refractivity contribution in [1.82, 2.24) is 0 Å². The molecule has 1 N–H and O–H groups in total. The normalized spacial score (nSPS) is 10.0. The fourth-order valence-electron chi connectivity index (χ4n) is 1.35. The Kier molecular flexibility index (Phi) is 11.6. The Labute approximate surface area is 171 Å². The molecule has 0 aromatic heterocycles. The van der Waals surface area contributed by atoms with Crippen LogP contribution in [0.25, 0.3) is 0 Å². The van der Waals surface area contributed by atoms with Crippen LogP contribution in [-0.2, 0) is 10.1 Å². The first-order chi connectivity index (χ1) is 9.19. The first-order valence-electron chi connectivity index (χ1n) is 5.35. The summed E-state index contributed by atoms with van der Waals surface area (Å²) in [7, 11) is -4.11. The van der Waals surface area contributed by atoms with E-state index >= 15 is 0 Å². The van der Waals surface area contributed by atoms with Crippen LogP contribution < -0.4 is 74.1 Å². The Balaban J connectivity index is 0. The van der Waals surface area contributed by atoms with Crippen molar-refractivity contribution in [2.75, 3.05) is 12.4 Å². The van der Waals surface area contributed by atoms with Crippen molar-refractivity contribution in [2.24, 2.45) is 0 Å². The number of hydrogen-bond donors (Lipinski definition) is 1. The SMILES string of the molecule is O=C([O-])c1cc(OCCCS(=O)(=O)O)cc(C(=O)[O-])c1.[Na+].[Na+]. The molecule has 0 aliphatic heterocycles. The van der Waals surface area contributed by atoms with Gasteiger partial charge in [-0.1, -0.05) is 0 Å². The third kappa shape index (κ3) is 9.11. The predicted octanol–water partition coefficient (Wildman–Crippen LogP) is -7.92. The number of rotatable bonds is 7. The molecule has 110 valence electrons. The van der Waals surface area contributed by atoms with Crippen molar-refractivity contribution in [1.29, 1.82) is 0 Å². The fourth-order valence-corrected chi connectivity index (χ4v) is 1.83. The maximum atomic E-state index is 10.7. The van der Waals surface area contributed by atoms with Crippen LogP contribution in [0.3, 0.4) is 0 Å². The maximum Gasteiger partial charge on any atom is 1.00 e. The second-order valence-electron chi connectivity index (χ2n) is 3.81. The van der Waals surface area contributed by atoms with Gasteiger partial charge < -0.3 is 24.5 Å². The van der Waals surface area contributed by atoms with E-state index in [2.05, 4.69) is 0 Å². The average molecular weight is 348 g/mol. The van der Waals surface area contributed by atoms with Crippen molar-refractivity contribution < 1.29 is 96.6 Å². The number of carbonyl (C=O) groups is 2. The van der Waals surface area contributed by atoms with E-state index in [1.807, 2.05) is 0 Å². The first kappa shape index (κ1) is 24.1. The van der Waals surface area contributed by atoms with Gasteiger partial charge in [0, 0.05) is 11.1 Å². The number of benzene rings is 1. The van der Waals surface area contributed by atoms with Crippen molar-refractivity contribution >= 4 is 22.1 Å². The number of carbonyl (C=O) groups excluding carboxylic acids is 2. The molecule has 22 heavy (non-hydrogen) atoms. The van der Waals surface area contributed by atoms with E-state index in [-0.39, 0.29) is 77.9 Å². The maximum absolute atomic E-state index is 10.7. The number of carboxylic acid groups (broad SMARTS) is 2. The number of aromatic carboxylic acids is 2. The van der Waals surface area contributed by atoms with Crippen LogP contribution in [0.1, 0.15) is 27.1 Å². The standard InChI is InChI=1S/C11H12O8S.2Na/c12-10(13)7-4-8(11(14)15)6-9(5-7)19-2-1-3-20(16,17)18;;/h4-6H,1-3H2,(H,12,13)(H,14,15)(H,16,17,18);;/q;2*+1/p-2. The third-order valence-corrected chi connectivity index (χ3v) is 3.00. The molecule has 0 spiro atoms. The molecule has 11 heteroatoms. The minimum atomic E-state index is -4.11. The van der Waals surface area contributed by atoms with Crippen LogP contribution in [0.2, 0.25) is 0 Å². The largest absolute Gasteiger partial charge is 1.00 e. The number of carboxylic acids is 2. The Hall–Kier alpha value is -0.130. The molecule has 1 aromatic rings. The van der Waals surface area contributed by atoms with Gasteiger partial charge in [-0.15, -0.1) is 0 Å². The summed E-state index contributed by atoms with van der Waals surface area (Å²) in [5, 5.41) is 21.4. The molecule has 0 amide bonds. The van der Waals surface area contributed by atoms with Crippen LogP contribution in [0, 0.1) is 0 Å². The van der Waals surface area contributed by atoms with Crippen molar-refractivity contribution in [3.05, 3.63) is 29.3 Å². The molecule has 0 heterocycles. The zero-order chi connectivity index (χ0) is 15.3. The minimum Gasteiger partial charge on any atom is -0.545 e. The summed E-state index contributed by atoms with van der Waals surface area (Å²) < 4.78 is 34.4. The number of ether oxygens (including phenoxy) is 1. The zero-order valence-corrected chi connectivity index (χ0v) is 16.9. The molecular formula is C11H10Na2O8S. The molecule has 0 unspecified atom stereocenters. The smallest absolute Gasteiger partial charge is 0.545 e. The van der Waals surface area contributed by atoms with Gasteiger partial charge in [0.25, 0.3) is 10.1 Å². The molecule has 1 rings (SSSR count). The van der Waals surface area contributed by atoms with E-state index in [9.17, 15) is 28.2 Å². The van der Waals surface area contributed by atoms with E-state index in [1.54, 1.807) is 0 Å². The topological polar surface area (TPSA) is 144 Å². The summed E-state index contributed by atoms with van der Waals surface area (Å²) in [5.41, 5.74) is -0.812. The van der Waals surface area contributed by atoms with Gasteiger partial charge in [-0.3, -0.25) is 4.55 Å². The minimum absolute atomic E-state index is 0. The third-order valence-electron chi connectivity index (χ3n) is 2.19. The molecular weight excluding hydrogens is 338 g/mol. The first-order valence-corrected chi connectivity index (χ1v) is 6.96. The van der Waals surface area contributed by atoms with E-state index in [1.165, 1.54) is 0 Å². The Morgan fingerprint density at radius 2 is 1.50 bits per heavy atom. The van der Waals surface area contributed by atoms with Gasteiger partial charge in [0.2, 0.25) is 0 Å². The molecule has 0 bridgehead atoms. The molecule has 0 atom stereocenters. The van der Waals surface area contributed by atoms with Crippen molar-refractivity contribution in [3.8, 4) is 5.75 Å². The monoisotopic (exact) mass is 348 g/mol. The van der Waals surface area contributed by atoms with Crippen LogP contribution in [0.4, 0.5) is 0 Å². The Morgan fingerprint density at radius 3 is 1.86 bits per heavy atom. The molecule has 8 nitrogen and oxygen atoms in total. The quantitative estimate of drug-likeness (QED) is 0.291. The summed E-state index contributed by atoms with van der Waals surface area (Å²) in [6.45, 7) is -0.150. The molecule has 1 aromatic carbocycles. The van der Waals surface area contributed by atoms with Gasteiger partial charge in [-0.25, -0.2) is 0 Å². The molecule has 0 aliphatic carbocycles. The zero-order valence-electron chi connectivity index (χ0n) is 12.1. The van der Waals surface area contributed by atoms with Crippen molar-refractivity contribution in [3.63, 3.8) is 0 Å². The van der Waals surface area contributed by atoms with Gasteiger partial charge >= 0.3 is 59.1 Å². The van der Waals surface area contributed by atoms with Gasteiger partial charge in [-0.2, -0.15) is 8.42 Å². The van der Waals surface area contributed by atoms with E-state index in [0.717, 1.165) is 18.2 Å². The molecule has 0 radical (unpaired) electrons. The van der Waals surface area contributed by atoms with Crippen LogP contribution in [-0.4, -0.2) is 37.3 Å². The summed E-state index contributed by atoms with van der Waals surface area (Å²) in [6.07, 6.45) is -0.0466. The summed E-state index contributed by atoms with van der Waals surface area (Å²) >= 11 is 0. The molecule has 0 fully saturated rings. The van der Waals surface area contributed by atoms with Crippen LogP contribution in [0.5, 0.6) is 5.75 Å².